The van der Waals surface area contributed by atoms with Crippen LogP contribution in [0.3, 0.4) is 0 Å². The van der Waals surface area contributed by atoms with Crippen LogP contribution < -0.4 is 0 Å². The van der Waals surface area contributed by atoms with E-state index in [0.717, 1.165) is 33.1 Å². The fourth-order valence-corrected chi connectivity index (χ4v) is 10.6. The Bertz CT molecular complexity index is 3190. The lowest BCUT2D eigenvalue weighted by Crippen LogP contribution is -1.92. The molecule has 0 aliphatic rings. The highest BCUT2D eigenvalue weighted by Gasteiger charge is 2.18. The highest BCUT2D eigenvalue weighted by molar-refractivity contribution is 7.27. The number of nitrogens with zero attached hydrogens (tertiary/aromatic N) is 2. The molecule has 0 bridgehead atoms. The van der Waals surface area contributed by atoms with Gasteiger partial charge in [-0.2, -0.15) is 0 Å². The summed E-state index contributed by atoms with van der Waals surface area (Å²) in [5.74, 6) is 0. The van der Waals surface area contributed by atoms with Crippen molar-refractivity contribution in [1.29, 1.82) is 0 Å². The van der Waals surface area contributed by atoms with Crippen LogP contribution in [0, 0.1) is 6.92 Å². The topological polar surface area (TPSA) is 25.8 Å². The van der Waals surface area contributed by atoms with Crippen molar-refractivity contribution in [3.05, 3.63) is 157 Å². The van der Waals surface area contributed by atoms with Crippen LogP contribution in [-0.4, -0.2) is 9.97 Å². The average Bonchev–Trinajstić information content (AvgIpc) is 3.76. The molecular weight excluding hydrogens is 657 g/mol. The van der Waals surface area contributed by atoms with E-state index in [9.17, 15) is 0 Å². The van der Waals surface area contributed by atoms with Gasteiger partial charge >= 0.3 is 0 Å². The third kappa shape index (κ3) is 4.34. The van der Waals surface area contributed by atoms with Gasteiger partial charge in [0.15, 0.2) is 0 Å². The zero-order chi connectivity index (χ0) is 33.6. The third-order valence-corrected chi connectivity index (χ3v) is 12.9. The number of hydrogen-bond acceptors (Lipinski definition) is 4. The highest BCUT2D eigenvalue weighted by atomic mass is 32.1. The van der Waals surface area contributed by atoms with E-state index in [0.29, 0.717) is 0 Å². The molecule has 51 heavy (non-hydrogen) atoms. The van der Waals surface area contributed by atoms with Crippen LogP contribution in [-0.2, 0) is 0 Å². The van der Waals surface area contributed by atoms with Crippen molar-refractivity contribution in [2.45, 2.75) is 6.92 Å². The van der Waals surface area contributed by atoms with Gasteiger partial charge in [0.05, 0.1) is 22.9 Å². The lowest BCUT2D eigenvalue weighted by atomic mass is 9.97. The van der Waals surface area contributed by atoms with Gasteiger partial charge in [0, 0.05) is 67.8 Å². The molecule has 3 heterocycles. The summed E-state index contributed by atoms with van der Waals surface area (Å²) in [6.45, 7) is 2.18. The molecule has 0 saturated carbocycles. The van der Waals surface area contributed by atoms with E-state index < -0.39 is 0 Å². The fourth-order valence-electron chi connectivity index (χ4n) is 7.99. The van der Waals surface area contributed by atoms with E-state index in [1.54, 1.807) is 0 Å². The zero-order valence-corrected chi connectivity index (χ0v) is 29.3. The molecule has 0 aliphatic heterocycles. The number of benzene rings is 8. The summed E-state index contributed by atoms with van der Waals surface area (Å²) in [5, 5.41) is 9.96. The largest absolute Gasteiger partial charge is 0.252 e. The minimum Gasteiger partial charge on any atom is -0.252 e. The molecule has 0 N–H and O–H groups in total. The van der Waals surface area contributed by atoms with Crippen LogP contribution in [0.25, 0.3) is 106 Å². The Morgan fingerprint density at radius 3 is 1.69 bits per heavy atom. The average molecular weight is 685 g/mol. The maximum Gasteiger partial charge on any atom is 0.0979 e. The molecule has 0 fully saturated rings. The van der Waals surface area contributed by atoms with Crippen LogP contribution in [0.5, 0.6) is 0 Å². The van der Waals surface area contributed by atoms with Gasteiger partial charge in [-0.15, -0.1) is 22.7 Å². The van der Waals surface area contributed by atoms with E-state index in [4.69, 9.17) is 9.97 Å². The second kappa shape index (κ2) is 11.0. The standard InChI is InChI=1S/C47H28N2S2/c1-27-22-23-42-40(24-27)39-21-9-18-36(46(39)50-42)38-20-8-19-37-35-17-7-16-30(45(35)51-47(37)38)28-10-6-11-29(25-28)41-26-48-43-33-14-4-2-12-31(33)32-13-3-5-15-34(32)44(43)49-41/h2-26H,1H3. The van der Waals surface area contributed by atoms with Crippen LogP contribution in [0.15, 0.2) is 152 Å². The molecule has 2 nitrogen and oxygen atoms in total. The zero-order valence-electron chi connectivity index (χ0n) is 27.6. The van der Waals surface area contributed by atoms with Gasteiger partial charge in [0.2, 0.25) is 0 Å². The molecule has 11 aromatic rings. The van der Waals surface area contributed by atoms with Crippen LogP contribution in [0.1, 0.15) is 5.56 Å². The molecule has 3 aromatic heterocycles. The van der Waals surface area contributed by atoms with Crippen molar-refractivity contribution in [3.8, 4) is 33.5 Å². The Morgan fingerprint density at radius 2 is 0.961 bits per heavy atom. The van der Waals surface area contributed by atoms with Crippen LogP contribution in [0.4, 0.5) is 0 Å². The summed E-state index contributed by atoms with van der Waals surface area (Å²) in [6, 6.07) is 53.0. The van der Waals surface area contributed by atoms with Crippen molar-refractivity contribution in [2.24, 2.45) is 0 Å². The summed E-state index contributed by atoms with van der Waals surface area (Å²) >= 11 is 3.81. The summed E-state index contributed by atoms with van der Waals surface area (Å²) in [6.07, 6.45) is 1.94. The summed E-state index contributed by atoms with van der Waals surface area (Å²) in [5.41, 5.74) is 10.1. The molecule has 0 radical (unpaired) electrons. The van der Waals surface area contributed by atoms with Crippen LogP contribution >= 0.6 is 22.7 Å². The molecule has 0 amide bonds. The minimum absolute atomic E-state index is 0.877. The Balaban J connectivity index is 1.08. The first-order chi connectivity index (χ1) is 25.2. The normalized spacial score (nSPS) is 12.0. The maximum atomic E-state index is 5.29. The van der Waals surface area contributed by atoms with Gasteiger partial charge in [0.1, 0.15) is 0 Å². The monoisotopic (exact) mass is 684 g/mol. The first kappa shape index (κ1) is 28.9. The van der Waals surface area contributed by atoms with Crippen LogP contribution in [0.2, 0.25) is 0 Å². The van der Waals surface area contributed by atoms with Crippen molar-refractivity contribution in [3.63, 3.8) is 0 Å². The Labute approximate surface area is 301 Å². The lowest BCUT2D eigenvalue weighted by molar-refractivity contribution is 1.31. The Hall–Kier alpha value is -5.94. The van der Waals surface area contributed by atoms with Crippen molar-refractivity contribution >= 4 is 95.6 Å². The summed E-state index contributed by atoms with van der Waals surface area (Å²) in [7, 11) is 0. The van der Waals surface area contributed by atoms with Crippen molar-refractivity contribution < 1.29 is 0 Å². The number of hydrogen-bond donors (Lipinski definition) is 0. The van der Waals surface area contributed by atoms with E-state index in [2.05, 4.69) is 153 Å². The molecular formula is C47H28N2S2. The van der Waals surface area contributed by atoms with Gasteiger partial charge < -0.3 is 0 Å². The molecule has 11 rings (SSSR count). The van der Waals surface area contributed by atoms with E-state index in [-0.39, 0.29) is 0 Å². The van der Waals surface area contributed by atoms with Gasteiger partial charge in [-0.05, 0) is 47.0 Å². The maximum absolute atomic E-state index is 5.29. The SMILES string of the molecule is Cc1ccc2sc3c(-c4cccc5c4sc4c(-c6cccc(-c7cnc8c9ccccc9c9ccccc9c8n7)c6)cccc45)cccc3c2c1. The molecule has 0 unspecified atom stereocenters. The second-order valence-corrected chi connectivity index (χ2v) is 15.4. The number of rotatable bonds is 3. The van der Waals surface area contributed by atoms with E-state index in [1.165, 1.54) is 78.9 Å². The van der Waals surface area contributed by atoms with Crippen molar-refractivity contribution in [2.75, 3.05) is 0 Å². The molecule has 238 valence electrons. The number of aromatic nitrogens is 2. The second-order valence-electron chi connectivity index (χ2n) is 13.4. The van der Waals surface area contributed by atoms with Gasteiger partial charge in [-0.25, -0.2) is 4.98 Å². The molecule has 4 heteroatoms. The number of fused-ring (bicyclic) bond motifs is 12. The summed E-state index contributed by atoms with van der Waals surface area (Å²) < 4.78 is 5.33. The van der Waals surface area contributed by atoms with Gasteiger partial charge in [-0.1, -0.05) is 133 Å². The van der Waals surface area contributed by atoms with E-state index >= 15 is 0 Å². The van der Waals surface area contributed by atoms with Gasteiger partial charge in [0.25, 0.3) is 0 Å². The first-order valence-electron chi connectivity index (χ1n) is 17.2. The molecule has 0 atom stereocenters. The Morgan fingerprint density at radius 1 is 0.412 bits per heavy atom. The van der Waals surface area contributed by atoms with Crippen molar-refractivity contribution in [1.82, 2.24) is 9.97 Å². The predicted molar refractivity (Wildman–Crippen MR) is 221 cm³/mol. The molecule has 0 saturated heterocycles. The molecule has 0 aliphatic carbocycles. The van der Waals surface area contributed by atoms with E-state index in [1.807, 2.05) is 28.9 Å². The quantitative estimate of drug-likeness (QED) is 0.173. The molecule has 8 aromatic carbocycles. The molecule has 0 spiro atoms. The number of thiophene rings is 2. The summed E-state index contributed by atoms with van der Waals surface area (Å²) in [4.78, 5) is 10.3. The number of aryl methyl sites for hydroxylation is 1. The first-order valence-corrected chi connectivity index (χ1v) is 18.9. The third-order valence-electron chi connectivity index (χ3n) is 10.4. The highest BCUT2D eigenvalue weighted by Crippen LogP contribution is 2.47. The van der Waals surface area contributed by atoms with Gasteiger partial charge in [-0.3, -0.25) is 4.98 Å². The fraction of sp³-hybridized carbons (Fsp3) is 0.0213. The Kier molecular flexibility index (Phi) is 6.24. The predicted octanol–water partition coefficient (Wildman–Crippen LogP) is 14.0. The minimum atomic E-state index is 0.877. The smallest absolute Gasteiger partial charge is 0.0979 e. The lowest BCUT2D eigenvalue weighted by Gasteiger charge is -2.11.